The first-order valence-corrected chi connectivity index (χ1v) is 9.12. The number of nitrogens with zero attached hydrogens (tertiary/aromatic N) is 2. The Balaban J connectivity index is 1.64. The average Bonchev–Trinajstić information content (AvgIpc) is 2.95. The van der Waals surface area contributed by atoms with Crippen LogP contribution in [-0.4, -0.2) is 22.1 Å². The predicted octanol–water partition coefficient (Wildman–Crippen LogP) is 4.40. The van der Waals surface area contributed by atoms with Crippen molar-refractivity contribution < 1.29 is 18.0 Å². The van der Waals surface area contributed by atoms with Gasteiger partial charge in [-0.05, 0) is 44.7 Å². The van der Waals surface area contributed by atoms with Gasteiger partial charge in [0, 0.05) is 17.7 Å². The van der Waals surface area contributed by atoms with E-state index in [4.69, 9.17) is 5.73 Å². The lowest BCUT2D eigenvalue weighted by atomic mass is 9.81. The van der Waals surface area contributed by atoms with Crippen LogP contribution >= 0.6 is 11.3 Å². The number of hydrogen-bond donors (Lipinski definition) is 2. The van der Waals surface area contributed by atoms with Gasteiger partial charge >= 0.3 is 6.18 Å². The quantitative estimate of drug-likeness (QED) is 0.822. The Labute approximate surface area is 152 Å². The van der Waals surface area contributed by atoms with Crippen LogP contribution in [0.1, 0.15) is 31.4 Å². The fraction of sp³-hybridized carbons (Fsp3) is 0.471. The van der Waals surface area contributed by atoms with Gasteiger partial charge in [0.2, 0.25) is 5.91 Å². The standard InChI is InChI=1S/C17H19F3N4OS/c1-9-14(11-4-7-13(21)22-8-11)26-16(23-9)24-15(25)10-2-5-12(6-3-10)17(18,19)20/h4,7-8,10,12H,2-3,5-6H2,1H3,(H2,21,22)(H,23,24,25). The predicted molar refractivity (Wildman–Crippen MR) is 94.6 cm³/mol. The van der Waals surface area contributed by atoms with Crippen LogP contribution < -0.4 is 11.1 Å². The largest absolute Gasteiger partial charge is 0.391 e. The highest BCUT2D eigenvalue weighted by molar-refractivity contribution is 7.19. The molecular weight excluding hydrogens is 365 g/mol. The molecule has 0 radical (unpaired) electrons. The van der Waals surface area contributed by atoms with E-state index in [0.29, 0.717) is 10.9 Å². The first-order valence-electron chi connectivity index (χ1n) is 8.31. The minimum Gasteiger partial charge on any atom is -0.384 e. The van der Waals surface area contributed by atoms with Crippen LogP contribution in [0.15, 0.2) is 18.3 Å². The Morgan fingerprint density at radius 3 is 2.54 bits per heavy atom. The third kappa shape index (κ3) is 4.14. The van der Waals surface area contributed by atoms with Gasteiger partial charge in [0.05, 0.1) is 16.5 Å². The molecule has 0 aromatic carbocycles. The summed E-state index contributed by atoms with van der Waals surface area (Å²) in [4.78, 5) is 21.6. The zero-order chi connectivity index (χ0) is 18.9. The second kappa shape index (κ2) is 7.22. The molecule has 0 saturated heterocycles. The summed E-state index contributed by atoms with van der Waals surface area (Å²) in [6.07, 6.45) is -2.04. The van der Waals surface area contributed by atoms with E-state index < -0.39 is 18.0 Å². The molecule has 3 rings (SSSR count). The van der Waals surface area contributed by atoms with Crippen molar-refractivity contribution in [3.63, 3.8) is 0 Å². The van der Waals surface area contributed by atoms with Crippen molar-refractivity contribution in [1.29, 1.82) is 0 Å². The lowest BCUT2D eigenvalue weighted by Gasteiger charge is -2.28. The summed E-state index contributed by atoms with van der Waals surface area (Å²) in [5, 5.41) is 3.19. The molecule has 2 aromatic heterocycles. The molecule has 0 bridgehead atoms. The number of amides is 1. The third-order valence-electron chi connectivity index (χ3n) is 4.64. The molecule has 2 heterocycles. The molecule has 26 heavy (non-hydrogen) atoms. The van der Waals surface area contributed by atoms with E-state index in [2.05, 4.69) is 15.3 Å². The number of nitrogens with two attached hydrogens (primary N) is 1. The Morgan fingerprint density at radius 1 is 1.27 bits per heavy atom. The van der Waals surface area contributed by atoms with E-state index in [1.165, 1.54) is 11.3 Å². The van der Waals surface area contributed by atoms with E-state index in [1.807, 2.05) is 13.0 Å². The van der Waals surface area contributed by atoms with E-state index in [9.17, 15) is 18.0 Å². The Kier molecular flexibility index (Phi) is 5.17. The fourth-order valence-electron chi connectivity index (χ4n) is 3.15. The molecule has 1 fully saturated rings. The summed E-state index contributed by atoms with van der Waals surface area (Å²) in [6, 6.07) is 3.51. The zero-order valence-electron chi connectivity index (χ0n) is 14.1. The number of aryl methyl sites for hydroxylation is 1. The maximum absolute atomic E-state index is 12.7. The molecule has 0 unspecified atom stereocenters. The number of anilines is 2. The monoisotopic (exact) mass is 384 g/mol. The number of carbonyl (C=O) groups is 1. The molecule has 1 aliphatic rings. The number of rotatable bonds is 3. The fourth-order valence-corrected chi connectivity index (χ4v) is 4.11. The molecule has 1 aliphatic carbocycles. The minimum atomic E-state index is -4.17. The topological polar surface area (TPSA) is 80.9 Å². The second-order valence-electron chi connectivity index (χ2n) is 6.48. The van der Waals surface area contributed by atoms with Crippen molar-refractivity contribution in [1.82, 2.24) is 9.97 Å². The van der Waals surface area contributed by atoms with Crippen molar-refractivity contribution >= 4 is 28.2 Å². The molecule has 5 nitrogen and oxygen atoms in total. The third-order valence-corrected chi connectivity index (χ3v) is 5.76. The van der Waals surface area contributed by atoms with Gasteiger partial charge in [0.1, 0.15) is 5.82 Å². The summed E-state index contributed by atoms with van der Waals surface area (Å²) < 4.78 is 38.2. The van der Waals surface area contributed by atoms with E-state index in [0.717, 1.165) is 16.1 Å². The van der Waals surface area contributed by atoms with Crippen molar-refractivity contribution in [2.24, 2.45) is 11.8 Å². The highest BCUT2D eigenvalue weighted by Gasteiger charge is 2.42. The zero-order valence-corrected chi connectivity index (χ0v) is 15.0. The number of aromatic nitrogens is 2. The van der Waals surface area contributed by atoms with Crippen LogP contribution in [0.3, 0.4) is 0 Å². The minimum absolute atomic E-state index is 0.000834. The SMILES string of the molecule is Cc1nc(NC(=O)C2CCC(C(F)(F)F)CC2)sc1-c1ccc(N)nc1. The average molecular weight is 384 g/mol. The van der Waals surface area contributed by atoms with Crippen LogP contribution in [0, 0.1) is 18.8 Å². The Hall–Kier alpha value is -2.16. The number of carbonyl (C=O) groups excluding carboxylic acids is 1. The molecule has 0 spiro atoms. The molecular formula is C17H19F3N4OS. The maximum atomic E-state index is 12.7. The van der Waals surface area contributed by atoms with Crippen molar-refractivity contribution in [2.75, 3.05) is 11.1 Å². The number of halogens is 3. The molecule has 0 aliphatic heterocycles. The van der Waals surface area contributed by atoms with Gasteiger partial charge < -0.3 is 11.1 Å². The van der Waals surface area contributed by atoms with Crippen LogP contribution in [0.25, 0.3) is 10.4 Å². The van der Waals surface area contributed by atoms with Gasteiger partial charge in [0.15, 0.2) is 5.13 Å². The summed E-state index contributed by atoms with van der Waals surface area (Å²) in [5.74, 6) is -1.54. The van der Waals surface area contributed by atoms with Crippen LogP contribution in [0.4, 0.5) is 24.1 Å². The number of hydrogen-bond acceptors (Lipinski definition) is 5. The number of alkyl halides is 3. The van der Waals surface area contributed by atoms with Gasteiger partial charge in [-0.3, -0.25) is 4.79 Å². The number of nitrogen functional groups attached to an aromatic ring is 1. The molecule has 1 amide bonds. The highest BCUT2D eigenvalue weighted by Crippen LogP contribution is 2.40. The number of thiazole rings is 1. The Bertz CT molecular complexity index is 780. The summed E-state index contributed by atoms with van der Waals surface area (Å²) in [6.45, 7) is 1.83. The van der Waals surface area contributed by atoms with Crippen LogP contribution in [0.2, 0.25) is 0 Å². The van der Waals surface area contributed by atoms with Crippen LogP contribution in [0.5, 0.6) is 0 Å². The lowest BCUT2D eigenvalue weighted by Crippen LogP contribution is -2.32. The molecule has 140 valence electrons. The van der Waals surface area contributed by atoms with Gasteiger partial charge in [-0.1, -0.05) is 11.3 Å². The maximum Gasteiger partial charge on any atom is 0.391 e. The van der Waals surface area contributed by atoms with E-state index in [1.54, 1.807) is 12.3 Å². The summed E-state index contributed by atoms with van der Waals surface area (Å²) in [7, 11) is 0. The summed E-state index contributed by atoms with van der Waals surface area (Å²) in [5.41, 5.74) is 7.18. The lowest BCUT2D eigenvalue weighted by molar-refractivity contribution is -0.184. The molecule has 3 N–H and O–H groups in total. The van der Waals surface area contributed by atoms with Crippen molar-refractivity contribution in [3.8, 4) is 10.4 Å². The van der Waals surface area contributed by atoms with Gasteiger partial charge in [0.25, 0.3) is 0 Å². The molecule has 9 heteroatoms. The normalized spacial score (nSPS) is 20.8. The number of nitrogens with one attached hydrogen (secondary N) is 1. The van der Waals surface area contributed by atoms with Gasteiger partial charge in [-0.15, -0.1) is 0 Å². The second-order valence-corrected chi connectivity index (χ2v) is 7.48. The molecule has 2 aromatic rings. The molecule has 0 atom stereocenters. The van der Waals surface area contributed by atoms with Gasteiger partial charge in [-0.2, -0.15) is 13.2 Å². The van der Waals surface area contributed by atoms with Gasteiger partial charge in [-0.25, -0.2) is 9.97 Å². The van der Waals surface area contributed by atoms with Crippen molar-refractivity contribution in [3.05, 3.63) is 24.0 Å². The Morgan fingerprint density at radius 2 is 1.96 bits per heavy atom. The van der Waals surface area contributed by atoms with Crippen molar-refractivity contribution in [2.45, 2.75) is 38.8 Å². The first-order chi connectivity index (χ1) is 12.2. The molecule has 1 saturated carbocycles. The van der Waals surface area contributed by atoms with E-state index >= 15 is 0 Å². The smallest absolute Gasteiger partial charge is 0.384 e. The van der Waals surface area contributed by atoms with Crippen LogP contribution in [-0.2, 0) is 4.79 Å². The highest BCUT2D eigenvalue weighted by atomic mass is 32.1. The van der Waals surface area contributed by atoms with E-state index in [-0.39, 0.29) is 31.6 Å². The first kappa shape index (κ1) is 18.6. The summed E-state index contributed by atoms with van der Waals surface area (Å²) >= 11 is 1.31. The number of pyridine rings is 1.